The standard InChI is InChI=1S/C21H28N4O.HI/c1-22-21(23-16-18-8-4-2-5-9-18)24-17-20(19-10-6-3-7-11-19)25-12-14-26-15-13-25;/h2-11,20H,12-17H2,1H3,(H2,22,23,24);1H. The Morgan fingerprint density at radius 2 is 1.63 bits per heavy atom. The van der Waals surface area contributed by atoms with Crippen LogP contribution in [0.4, 0.5) is 0 Å². The molecule has 1 aliphatic heterocycles. The maximum absolute atomic E-state index is 5.52. The lowest BCUT2D eigenvalue weighted by Gasteiger charge is -2.35. The van der Waals surface area contributed by atoms with Gasteiger partial charge >= 0.3 is 0 Å². The minimum atomic E-state index is 0. The number of rotatable bonds is 6. The molecule has 1 fully saturated rings. The lowest BCUT2D eigenvalue weighted by atomic mass is 10.0. The average Bonchev–Trinajstić information content (AvgIpc) is 2.73. The lowest BCUT2D eigenvalue weighted by molar-refractivity contribution is 0.0170. The number of nitrogens with one attached hydrogen (secondary N) is 2. The van der Waals surface area contributed by atoms with Crippen LogP contribution in [0, 0.1) is 0 Å². The Labute approximate surface area is 179 Å². The lowest BCUT2D eigenvalue weighted by Crippen LogP contribution is -2.46. The fourth-order valence-electron chi connectivity index (χ4n) is 3.22. The van der Waals surface area contributed by atoms with Gasteiger partial charge in [0.15, 0.2) is 5.96 Å². The largest absolute Gasteiger partial charge is 0.379 e. The van der Waals surface area contributed by atoms with Gasteiger partial charge in [0, 0.05) is 33.2 Å². The minimum Gasteiger partial charge on any atom is -0.379 e. The fourth-order valence-corrected chi connectivity index (χ4v) is 3.22. The molecule has 6 heteroatoms. The Bertz CT molecular complexity index is 675. The van der Waals surface area contributed by atoms with Gasteiger partial charge in [0.1, 0.15) is 0 Å². The number of hydrogen-bond donors (Lipinski definition) is 2. The molecule has 0 aliphatic carbocycles. The molecule has 5 nitrogen and oxygen atoms in total. The summed E-state index contributed by atoms with van der Waals surface area (Å²) < 4.78 is 5.52. The van der Waals surface area contributed by atoms with Gasteiger partial charge in [-0.3, -0.25) is 9.89 Å². The van der Waals surface area contributed by atoms with Gasteiger partial charge in [-0.2, -0.15) is 0 Å². The summed E-state index contributed by atoms with van der Waals surface area (Å²) in [5, 5.41) is 6.88. The number of aliphatic imine (C=N–C) groups is 1. The van der Waals surface area contributed by atoms with Crippen LogP contribution in [0.1, 0.15) is 17.2 Å². The summed E-state index contributed by atoms with van der Waals surface area (Å²) in [5.74, 6) is 0.822. The summed E-state index contributed by atoms with van der Waals surface area (Å²) >= 11 is 0. The highest BCUT2D eigenvalue weighted by molar-refractivity contribution is 14.0. The van der Waals surface area contributed by atoms with E-state index in [-0.39, 0.29) is 24.0 Å². The van der Waals surface area contributed by atoms with Crippen LogP contribution < -0.4 is 10.6 Å². The van der Waals surface area contributed by atoms with E-state index in [0.29, 0.717) is 6.04 Å². The molecular weight excluding hydrogens is 451 g/mol. The van der Waals surface area contributed by atoms with E-state index in [4.69, 9.17) is 4.74 Å². The predicted octanol–water partition coefficient (Wildman–Crippen LogP) is 3.04. The summed E-state index contributed by atoms with van der Waals surface area (Å²) in [7, 11) is 1.81. The van der Waals surface area contributed by atoms with Gasteiger partial charge < -0.3 is 15.4 Å². The molecule has 0 aromatic heterocycles. The third kappa shape index (κ3) is 6.79. The van der Waals surface area contributed by atoms with Gasteiger partial charge in [-0.15, -0.1) is 24.0 Å². The van der Waals surface area contributed by atoms with Crippen molar-refractivity contribution < 1.29 is 4.74 Å². The van der Waals surface area contributed by atoms with Crippen molar-refractivity contribution in [1.82, 2.24) is 15.5 Å². The Morgan fingerprint density at radius 3 is 2.26 bits per heavy atom. The first-order chi connectivity index (χ1) is 12.9. The second-order valence-corrected chi connectivity index (χ2v) is 6.37. The third-order valence-corrected chi connectivity index (χ3v) is 4.66. The summed E-state index contributed by atoms with van der Waals surface area (Å²) in [6, 6.07) is 21.3. The number of halogens is 1. The number of ether oxygens (including phenoxy) is 1. The molecule has 2 aromatic rings. The molecule has 27 heavy (non-hydrogen) atoms. The highest BCUT2D eigenvalue weighted by Crippen LogP contribution is 2.20. The van der Waals surface area contributed by atoms with Crippen molar-refractivity contribution in [2.75, 3.05) is 39.9 Å². The molecule has 2 aromatic carbocycles. The zero-order valence-electron chi connectivity index (χ0n) is 15.8. The highest BCUT2D eigenvalue weighted by atomic mass is 127. The first kappa shape index (κ1) is 21.7. The number of benzene rings is 2. The smallest absolute Gasteiger partial charge is 0.191 e. The third-order valence-electron chi connectivity index (χ3n) is 4.66. The van der Waals surface area contributed by atoms with Crippen LogP contribution in [0.5, 0.6) is 0 Å². The fraction of sp³-hybridized carbons (Fsp3) is 0.381. The quantitative estimate of drug-likeness (QED) is 0.379. The molecule has 0 saturated carbocycles. The molecule has 2 N–H and O–H groups in total. The summed E-state index contributed by atoms with van der Waals surface area (Å²) in [6.45, 7) is 5.07. The molecule has 3 rings (SSSR count). The molecular formula is C21H29IN4O. The summed E-state index contributed by atoms with van der Waals surface area (Å²) in [6.07, 6.45) is 0. The first-order valence-electron chi connectivity index (χ1n) is 9.22. The van der Waals surface area contributed by atoms with E-state index in [1.165, 1.54) is 11.1 Å². The molecule has 1 unspecified atom stereocenters. The van der Waals surface area contributed by atoms with E-state index in [2.05, 4.69) is 75.1 Å². The number of morpholine rings is 1. The van der Waals surface area contributed by atoms with E-state index in [0.717, 1.165) is 45.4 Å². The van der Waals surface area contributed by atoms with Crippen molar-refractivity contribution in [2.45, 2.75) is 12.6 Å². The van der Waals surface area contributed by atoms with Crippen molar-refractivity contribution in [1.29, 1.82) is 0 Å². The second-order valence-electron chi connectivity index (χ2n) is 6.37. The van der Waals surface area contributed by atoms with Crippen LogP contribution in [-0.4, -0.2) is 50.8 Å². The van der Waals surface area contributed by atoms with Gasteiger partial charge in [-0.25, -0.2) is 0 Å². The van der Waals surface area contributed by atoms with E-state index < -0.39 is 0 Å². The predicted molar refractivity (Wildman–Crippen MR) is 122 cm³/mol. The molecule has 1 heterocycles. The molecule has 146 valence electrons. The maximum atomic E-state index is 5.52. The van der Waals surface area contributed by atoms with Crippen molar-refractivity contribution >= 4 is 29.9 Å². The Morgan fingerprint density at radius 1 is 1.00 bits per heavy atom. The van der Waals surface area contributed by atoms with Crippen molar-refractivity contribution in [2.24, 2.45) is 4.99 Å². The van der Waals surface area contributed by atoms with Crippen molar-refractivity contribution in [3.05, 3.63) is 71.8 Å². The van der Waals surface area contributed by atoms with Crippen molar-refractivity contribution in [3.63, 3.8) is 0 Å². The van der Waals surface area contributed by atoms with Crippen LogP contribution in [0.25, 0.3) is 0 Å². The van der Waals surface area contributed by atoms with E-state index in [1.807, 2.05) is 13.1 Å². The number of hydrogen-bond acceptors (Lipinski definition) is 3. The maximum Gasteiger partial charge on any atom is 0.191 e. The second kappa shape index (κ2) is 11.9. The molecule has 0 radical (unpaired) electrons. The van der Waals surface area contributed by atoms with Crippen LogP contribution in [0.2, 0.25) is 0 Å². The van der Waals surface area contributed by atoms with Gasteiger partial charge in [0.2, 0.25) is 0 Å². The highest BCUT2D eigenvalue weighted by Gasteiger charge is 2.22. The van der Waals surface area contributed by atoms with Gasteiger partial charge in [0.25, 0.3) is 0 Å². The molecule has 1 saturated heterocycles. The van der Waals surface area contributed by atoms with E-state index in [9.17, 15) is 0 Å². The first-order valence-corrected chi connectivity index (χ1v) is 9.22. The topological polar surface area (TPSA) is 48.9 Å². The zero-order valence-corrected chi connectivity index (χ0v) is 18.1. The molecule has 1 atom stereocenters. The molecule has 0 amide bonds. The molecule has 0 bridgehead atoms. The molecule has 1 aliphatic rings. The van der Waals surface area contributed by atoms with E-state index in [1.54, 1.807) is 0 Å². The monoisotopic (exact) mass is 480 g/mol. The van der Waals surface area contributed by atoms with Gasteiger partial charge in [-0.1, -0.05) is 60.7 Å². The molecule has 0 spiro atoms. The number of nitrogens with zero attached hydrogens (tertiary/aromatic N) is 2. The zero-order chi connectivity index (χ0) is 18.0. The number of guanidine groups is 1. The van der Waals surface area contributed by atoms with Crippen LogP contribution in [0.15, 0.2) is 65.7 Å². The van der Waals surface area contributed by atoms with Crippen molar-refractivity contribution in [3.8, 4) is 0 Å². The minimum absolute atomic E-state index is 0. The average molecular weight is 480 g/mol. The SMILES string of the molecule is CN=C(NCc1ccccc1)NCC(c1ccccc1)N1CCOCC1.I. The summed E-state index contributed by atoms with van der Waals surface area (Å²) in [5.41, 5.74) is 2.56. The Kier molecular flexibility index (Phi) is 9.58. The van der Waals surface area contributed by atoms with Gasteiger partial charge in [-0.05, 0) is 11.1 Å². The Hall–Kier alpha value is -1.64. The van der Waals surface area contributed by atoms with Gasteiger partial charge in [0.05, 0.1) is 19.3 Å². The van der Waals surface area contributed by atoms with E-state index >= 15 is 0 Å². The van der Waals surface area contributed by atoms with Crippen LogP contribution in [-0.2, 0) is 11.3 Å². The Balaban J connectivity index is 0.00000261. The van der Waals surface area contributed by atoms with Crippen LogP contribution >= 0.6 is 24.0 Å². The van der Waals surface area contributed by atoms with Crippen LogP contribution in [0.3, 0.4) is 0 Å². The summed E-state index contributed by atoms with van der Waals surface area (Å²) in [4.78, 5) is 6.85. The normalized spacial score (nSPS) is 16.3.